The molecule has 1 fully saturated rings. The van der Waals surface area contributed by atoms with Crippen LogP contribution in [0, 0.1) is 25.0 Å². The molecule has 0 unspecified atom stereocenters. The summed E-state index contributed by atoms with van der Waals surface area (Å²) < 4.78 is 0.867. The number of benzene rings is 1. The number of halogens is 1. The van der Waals surface area contributed by atoms with Gasteiger partial charge in [-0.05, 0) is 41.5 Å². The van der Waals surface area contributed by atoms with Gasteiger partial charge in [0.2, 0.25) is 0 Å². The number of anilines is 1. The van der Waals surface area contributed by atoms with E-state index in [1.165, 1.54) is 6.07 Å². The standard InChI is InChI=1S/C12H12IN3O2/c13-11-8-10(16(17)18)4-5-12(11)15(7-1-6-14)9-2-3-9/h4-5,8-9H,1-3,7H2. The zero-order chi connectivity index (χ0) is 13.1. The van der Waals surface area contributed by atoms with E-state index in [2.05, 4.69) is 33.6 Å². The smallest absolute Gasteiger partial charge is 0.270 e. The van der Waals surface area contributed by atoms with Crippen LogP contribution in [0.3, 0.4) is 0 Å². The molecule has 6 heteroatoms. The Hall–Kier alpha value is -1.36. The summed E-state index contributed by atoms with van der Waals surface area (Å²) in [5.41, 5.74) is 1.11. The summed E-state index contributed by atoms with van der Waals surface area (Å²) in [6, 6.07) is 7.54. The Morgan fingerprint density at radius 1 is 1.56 bits per heavy atom. The van der Waals surface area contributed by atoms with Crippen molar-refractivity contribution in [3.8, 4) is 6.07 Å². The Morgan fingerprint density at radius 2 is 2.28 bits per heavy atom. The van der Waals surface area contributed by atoms with Crippen LogP contribution in [0.5, 0.6) is 0 Å². The third kappa shape index (κ3) is 2.90. The van der Waals surface area contributed by atoms with Crippen LogP contribution in [0.4, 0.5) is 11.4 Å². The maximum Gasteiger partial charge on any atom is 0.270 e. The number of nitro benzene ring substituents is 1. The molecule has 0 radical (unpaired) electrons. The lowest BCUT2D eigenvalue weighted by atomic mass is 10.2. The average molecular weight is 357 g/mol. The van der Waals surface area contributed by atoms with Gasteiger partial charge in [-0.3, -0.25) is 10.1 Å². The van der Waals surface area contributed by atoms with Gasteiger partial charge in [0, 0.05) is 28.3 Å². The first kappa shape index (κ1) is 13.1. The van der Waals surface area contributed by atoms with Gasteiger partial charge in [0.05, 0.1) is 23.1 Å². The SMILES string of the molecule is N#CCCN(c1ccc([N+](=O)[O-])cc1I)C1CC1. The zero-order valence-corrected chi connectivity index (χ0v) is 11.8. The molecular weight excluding hydrogens is 345 g/mol. The molecule has 94 valence electrons. The summed E-state index contributed by atoms with van der Waals surface area (Å²) in [6.45, 7) is 0.689. The van der Waals surface area contributed by atoms with Gasteiger partial charge in [-0.15, -0.1) is 0 Å². The normalized spacial score (nSPS) is 14.0. The van der Waals surface area contributed by atoms with Crippen LogP contribution in [0.1, 0.15) is 19.3 Å². The third-order valence-electron chi connectivity index (χ3n) is 2.90. The highest BCUT2D eigenvalue weighted by molar-refractivity contribution is 14.1. The van der Waals surface area contributed by atoms with Crippen LogP contribution in [0.15, 0.2) is 18.2 Å². The number of hydrogen-bond donors (Lipinski definition) is 0. The van der Waals surface area contributed by atoms with Gasteiger partial charge in [-0.25, -0.2) is 0 Å². The number of non-ortho nitro benzene ring substituents is 1. The van der Waals surface area contributed by atoms with Gasteiger partial charge in [-0.2, -0.15) is 5.26 Å². The van der Waals surface area contributed by atoms with Crippen LogP contribution in [0.2, 0.25) is 0 Å². The lowest BCUT2D eigenvalue weighted by Gasteiger charge is -2.24. The third-order valence-corrected chi connectivity index (χ3v) is 3.77. The molecule has 0 aromatic heterocycles. The number of hydrogen-bond acceptors (Lipinski definition) is 4. The first-order chi connectivity index (χ1) is 8.63. The van der Waals surface area contributed by atoms with E-state index in [1.54, 1.807) is 12.1 Å². The Balaban J connectivity index is 2.25. The molecule has 1 saturated carbocycles. The lowest BCUT2D eigenvalue weighted by Crippen LogP contribution is -2.27. The van der Waals surface area contributed by atoms with E-state index in [9.17, 15) is 10.1 Å². The van der Waals surface area contributed by atoms with Crippen LogP contribution >= 0.6 is 22.6 Å². The van der Waals surface area contributed by atoms with E-state index >= 15 is 0 Å². The summed E-state index contributed by atoms with van der Waals surface area (Å²) in [4.78, 5) is 12.5. The Bertz CT molecular complexity index is 509. The van der Waals surface area contributed by atoms with Gasteiger partial charge in [0.1, 0.15) is 0 Å². The molecule has 0 N–H and O–H groups in total. The van der Waals surface area contributed by atoms with Crippen LogP contribution < -0.4 is 4.90 Å². The summed E-state index contributed by atoms with van der Waals surface area (Å²) in [5.74, 6) is 0. The van der Waals surface area contributed by atoms with E-state index < -0.39 is 0 Å². The van der Waals surface area contributed by atoms with E-state index in [-0.39, 0.29) is 10.6 Å². The molecule has 0 saturated heterocycles. The molecule has 0 heterocycles. The fraction of sp³-hybridized carbons (Fsp3) is 0.417. The topological polar surface area (TPSA) is 70.2 Å². The fourth-order valence-corrected chi connectivity index (χ4v) is 2.71. The number of rotatable bonds is 5. The van der Waals surface area contributed by atoms with Crippen molar-refractivity contribution in [1.82, 2.24) is 0 Å². The predicted octanol–water partition coefficient (Wildman–Crippen LogP) is 3.08. The average Bonchev–Trinajstić information content (AvgIpc) is 3.15. The van der Waals surface area contributed by atoms with Gasteiger partial charge < -0.3 is 4.90 Å². The fourth-order valence-electron chi connectivity index (χ4n) is 1.90. The van der Waals surface area contributed by atoms with Crippen molar-refractivity contribution in [1.29, 1.82) is 5.26 Å². The van der Waals surface area contributed by atoms with Gasteiger partial charge in [0.25, 0.3) is 5.69 Å². The molecule has 0 atom stereocenters. The summed E-state index contributed by atoms with van der Waals surface area (Å²) >= 11 is 2.12. The minimum Gasteiger partial charge on any atom is -0.367 e. The molecule has 5 nitrogen and oxygen atoms in total. The van der Waals surface area contributed by atoms with Crippen molar-refractivity contribution in [2.75, 3.05) is 11.4 Å². The maximum atomic E-state index is 10.7. The number of nitriles is 1. The molecule has 1 aromatic rings. The highest BCUT2D eigenvalue weighted by atomic mass is 127. The second kappa shape index (κ2) is 5.52. The Kier molecular flexibility index (Phi) is 4.01. The van der Waals surface area contributed by atoms with Crippen molar-refractivity contribution in [2.45, 2.75) is 25.3 Å². The van der Waals surface area contributed by atoms with Crippen molar-refractivity contribution in [2.24, 2.45) is 0 Å². The van der Waals surface area contributed by atoms with E-state index in [0.29, 0.717) is 19.0 Å². The zero-order valence-electron chi connectivity index (χ0n) is 9.67. The van der Waals surface area contributed by atoms with Gasteiger partial charge in [-0.1, -0.05) is 0 Å². The molecule has 0 aliphatic heterocycles. The molecule has 0 amide bonds. The van der Waals surface area contributed by atoms with Crippen molar-refractivity contribution < 1.29 is 4.92 Å². The molecule has 1 aliphatic rings. The van der Waals surface area contributed by atoms with E-state index in [0.717, 1.165) is 22.1 Å². The van der Waals surface area contributed by atoms with E-state index in [4.69, 9.17) is 5.26 Å². The van der Waals surface area contributed by atoms with Crippen molar-refractivity contribution in [3.05, 3.63) is 31.9 Å². The van der Waals surface area contributed by atoms with Crippen LogP contribution in [-0.2, 0) is 0 Å². The summed E-state index contributed by atoms with van der Waals surface area (Å²) in [6.07, 6.45) is 2.75. The molecule has 1 aromatic carbocycles. The van der Waals surface area contributed by atoms with Crippen molar-refractivity contribution in [3.63, 3.8) is 0 Å². The number of nitrogens with zero attached hydrogens (tertiary/aromatic N) is 3. The first-order valence-corrected chi connectivity index (χ1v) is 6.79. The monoisotopic (exact) mass is 357 g/mol. The quantitative estimate of drug-likeness (QED) is 0.461. The molecule has 1 aliphatic carbocycles. The Morgan fingerprint density at radius 3 is 2.78 bits per heavy atom. The molecule has 0 bridgehead atoms. The highest BCUT2D eigenvalue weighted by Gasteiger charge is 2.30. The number of nitro groups is 1. The molecule has 0 spiro atoms. The van der Waals surface area contributed by atoms with E-state index in [1.807, 2.05) is 0 Å². The molecule has 18 heavy (non-hydrogen) atoms. The Labute approximate surface area is 119 Å². The summed E-state index contributed by atoms with van der Waals surface area (Å²) in [7, 11) is 0. The second-order valence-electron chi connectivity index (χ2n) is 4.23. The van der Waals surface area contributed by atoms with Crippen molar-refractivity contribution >= 4 is 34.0 Å². The highest BCUT2D eigenvalue weighted by Crippen LogP contribution is 2.35. The first-order valence-electron chi connectivity index (χ1n) is 5.71. The summed E-state index contributed by atoms with van der Waals surface area (Å²) in [5, 5.41) is 19.4. The minimum absolute atomic E-state index is 0.110. The minimum atomic E-state index is -0.386. The second-order valence-corrected chi connectivity index (χ2v) is 5.39. The molecular formula is C12H12IN3O2. The predicted molar refractivity (Wildman–Crippen MR) is 76.4 cm³/mol. The lowest BCUT2D eigenvalue weighted by molar-refractivity contribution is -0.384. The maximum absolute atomic E-state index is 10.7. The largest absolute Gasteiger partial charge is 0.367 e. The van der Waals surface area contributed by atoms with Gasteiger partial charge in [0.15, 0.2) is 0 Å². The van der Waals surface area contributed by atoms with Crippen LogP contribution in [0.25, 0.3) is 0 Å². The molecule has 2 rings (SSSR count). The van der Waals surface area contributed by atoms with Gasteiger partial charge >= 0.3 is 0 Å². The van der Waals surface area contributed by atoms with Crippen LogP contribution in [-0.4, -0.2) is 17.5 Å².